The number of nitrogens with two attached hydrogens (primary N) is 1. The van der Waals surface area contributed by atoms with Crippen LogP contribution in [0.3, 0.4) is 0 Å². The minimum Gasteiger partial charge on any atom is -0.339 e. The van der Waals surface area contributed by atoms with Crippen molar-refractivity contribution in [3.05, 3.63) is 35.9 Å². The predicted molar refractivity (Wildman–Crippen MR) is 84.0 cm³/mol. The van der Waals surface area contributed by atoms with Gasteiger partial charge in [-0.05, 0) is 24.8 Å². The number of nitrogens with zero attached hydrogens (tertiary/aromatic N) is 2. The highest BCUT2D eigenvalue weighted by molar-refractivity contribution is 5.87. The second-order valence-corrected chi connectivity index (χ2v) is 6.42. The Kier molecular flexibility index (Phi) is 4.00. The average molecular weight is 287 g/mol. The zero-order valence-corrected chi connectivity index (χ0v) is 12.8. The van der Waals surface area contributed by atoms with Crippen LogP contribution in [0.25, 0.3) is 0 Å². The van der Waals surface area contributed by atoms with Crippen LogP contribution in [-0.4, -0.2) is 54.5 Å². The molecule has 1 spiro atoms. The highest BCUT2D eigenvalue weighted by Crippen LogP contribution is 2.44. The number of hydrogen-bond donors (Lipinski definition) is 1. The lowest BCUT2D eigenvalue weighted by atomic mass is 9.81. The highest BCUT2D eigenvalue weighted by atomic mass is 16.2. The maximum atomic E-state index is 12.7. The van der Waals surface area contributed by atoms with E-state index in [1.54, 1.807) is 0 Å². The second kappa shape index (κ2) is 5.78. The standard InChI is InChI=1S/C17H25N3O/c1-19-16(21)15(14-5-3-2-4-6-14)13-17(19)7-10-20(11-8-17)12-9-18/h2-6,15H,7-13,18H2,1H3. The van der Waals surface area contributed by atoms with Crippen LogP contribution < -0.4 is 5.73 Å². The molecule has 0 aromatic heterocycles. The van der Waals surface area contributed by atoms with E-state index in [0.717, 1.165) is 44.5 Å². The molecule has 4 heteroatoms. The van der Waals surface area contributed by atoms with Crippen LogP contribution in [0.15, 0.2) is 30.3 Å². The van der Waals surface area contributed by atoms with Gasteiger partial charge in [0.1, 0.15) is 0 Å². The molecule has 0 saturated carbocycles. The lowest BCUT2D eigenvalue weighted by Crippen LogP contribution is -2.52. The molecule has 2 aliphatic rings. The number of likely N-dealkylation sites (N-methyl/N-ethyl adjacent to an activating group) is 1. The molecule has 0 bridgehead atoms. The normalized spacial score (nSPS) is 25.7. The molecule has 2 fully saturated rings. The Morgan fingerprint density at radius 3 is 2.52 bits per heavy atom. The number of amides is 1. The maximum Gasteiger partial charge on any atom is 0.230 e. The van der Waals surface area contributed by atoms with Gasteiger partial charge in [0, 0.05) is 38.8 Å². The molecule has 2 saturated heterocycles. The molecule has 2 aliphatic heterocycles. The lowest BCUT2D eigenvalue weighted by molar-refractivity contribution is -0.131. The summed E-state index contributed by atoms with van der Waals surface area (Å²) in [6, 6.07) is 10.2. The Balaban J connectivity index is 1.75. The van der Waals surface area contributed by atoms with E-state index in [-0.39, 0.29) is 17.4 Å². The average Bonchev–Trinajstić information content (AvgIpc) is 2.77. The number of carbonyl (C=O) groups excluding carboxylic acids is 1. The summed E-state index contributed by atoms with van der Waals surface area (Å²) in [5, 5.41) is 0. The summed E-state index contributed by atoms with van der Waals surface area (Å²) >= 11 is 0. The van der Waals surface area contributed by atoms with E-state index in [9.17, 15) is 4.79 Å². The molecule has 1 aromatic rings. The molecule has 1 unspecified atom stereocenters. The first-order valence-electron chi connectivity index (χ1n) is 7.91. The summed E-state index contributed by atoms with van der Waals surface area (Å²) in [5.41, 5.74) is 6.87. The van der Waals surface area contributed by atoms with E-state index in [1.807, 2.05) is 30.1 Å². The molecule has 3 rings (SSSR count). The summed E-state index contributed by atoms with van der Waals surface area (Å²) in [6.07, 6.45) is 3.10. The predicted octanol–water partition coefficient (Wildman–Crippen LogP) is 1.43. The monoisotopic (exact) mass is 287 g/mol. The van der Waals surface area contributed by atoms with Gasteiger partial charge in [-0.3, -0.25) is 4.79 Å². The Morgan fingerprint density at radius 2 is 1.90 bits per heavy atom. The van der Waals surface area contributed by atoms with Gasteiger partial charge >= 0.3 is 0 Å². The van der Waals surface area contributed by atoms with E-state index < -0.39 is 0 Å². The van der Waals surface area contributed by atoms with Crippen molar-refractivity contribution in [2.45, 2.75) is 30.7 Å². The fourth-order valence-electron chi connectivity index (χ4n) is 3.93. The van der Waals surface area contributed by atoms with Crippen LogP contribution in [0.4, 0.5) is 0 Å². The molecule has 0 radical (unpaired) electrons. The molecule has 1 aromatic carbocycles. The summed E-state index contributed by atoms with van der Waals surface area (Å²) in [5.74, 6) is 0.325. The SMILES string of the molecule is CN1C(=O)C(c2ccccc2)CC12CCN(CCN)CC2. The van der Waals surface area contributed by atoms with Gasteiger partial charge in [-0.15, -0.1) is 0 Å². The van der Waals surface area contributed by atoms with Gasteiger partial charge in [-0.25, -0.2) is 0 Å². The van der Waals surface area contributed by atoms with Crippen LogP contribution in [0.5, 0.6) is 0 Å². The minimum absolute atomic E-state index is 0.0391. The van der Waals surface area contributed by atoms with E-state index in [4.69, 9.17) is 5.73 Å². The van der Waals surface area contributed by atoms with Crippen LogP contribution in [0, 0.1) is 0 Å². The Labute approximate surface area is 126 Å². The van der Waals surface area contributed by atoms with Gasteiger partial charge in [-0.2, -0.15) is 0 Å². The van der Waals surface area contributed by atoms with E-state index >= 15 is 0 Å². The van der Waals surface area contributed by atoms with Gasteiger partial charge in [0.15, 0.2) is 0 Å². The zero-order chi connectivity index (χ0) is 14.9. The first-order chi connectivity index (χ1) is 10.2. The molecule has 2 heterocycles. The number of likely N-dealkylation sites (tertiary alicyclic amines) is 2. The highest BCUT2D eigenvalue weighted by Gasteiger charge is 2.50. The molecule has 1 amide bonds. The molecule has 21 heavy (non-hydrogen) atoms. The summed E-state index contributed by atoms with van der Waals surface area (Å²) in [4.78, 5) is 17.1. The fraction of sp³-hybridized carbons (Fsp3) is 0.588. The largest absolute Gasteiger partial charge is 0.339 e. The third-order valence-electron chi connectivity index (χ3n) is 5.36. The van der Waals surface area contributed by atoms with Gasteiger partial charge in [-0.1, -0.05) is 30.3 Å². The van der Waals surface area contributed by atoms with Crippen molar-refractivity contribution < 1.29 is 4.79 Å². The Morgan fingerprint density at radius 1 is 1.24 bits per heavy atom. The quantitative estimate of drug-likeness (QED) is 0.915. The van der Waals surface area contributed by atoms with Gasteiger partial charge < -0.3 is 15.5 Å². The number of piperidine rings is 1. The fourth-order valence-corrected chi connectivity index (χ4v) is 3.93. The summed E-state index contributed by atoms with van der Waals surface area (Å²) < 4.78 is 0. The summed E-state index contributed by atoms with van der Waals surface area (Å²) in [7, 11) is 1.99. The van der Waals surface area contributed by atoms with Crippen LogP contribution in [-0.2, 0) is 4.79 Å². The number of carbonyl (C=O) groups is 1. The topological polar surface area (TPSA) is 49.6 Å². The van der Waals surface area contributed by atoms with Gasteiger partial charge in [0.25, 0.3) is 0 Å². The maximum absolute atomic E-state index is 12.7. The smallest absolute Gasteiger partial charge is 0.230 e. The van der Waals surface area contributed by atoms with Crippen LogP contribution >= 0.6 is 0 Å². The van der Waals surface area contributed by atoms with Gasteiger partial charge in [0.05, 0.1) is 5.92 Å². The summed E-state index contributed by atoms with van der Waals surface area (Å²) in [6.45, 7) is 3.79. The molecular weight excluding hydrogens is 262 g/mol. The minimum atomic E-state index is 0.0391. The first kappa shape index (κ1) is 14.5. The molecule has 114 valence electrons. The molecule has 1 atom stereocenters. The van der Waals surface area contributed by atoms with Crippen molar-refractivity contribution in [1.82, 2.24) is 9.80 Å². The third-order valence-corrected chi connectivity index (χ3v) is 5.36. The van der Waals surface area contributed by atoms with Crippen molar-refractivity contribution in [3.63, 3.8) is 0 Å². The van der Waals surface area contributed by atoms with Crippen LogP contribution in [0.2, 0.25) is 0 Å². The molecule has 0 aliphatic carbocycles. The van der Waals surface area contributed by atoms with Crippen molar-refractivity contribution in [2.24, 2.45) is 5.73 Å². The molecular formula is C17H25N3O. The van der Waals surface area contributed by atoms with Crippen LogP contribution in [0.1, 0.15) is 30.7 Å². The number of rotatable bonds is 3. The lowest BCUT2D eigenvalue weighted by Gasteiger charge is -2.43. The van der Waals surface area contributed by atoms with Crippen molar-refractivity contribution in [1.29, 1.82) is 0 Å². The first-order valence-corrected chi connectivity index (χ1v) is 7.91. The van der Waals surface area contributed by atoms with E-state index in [1.165, 1.54) is 0 Å². The number of hydrogen-bond acceptors (Lipinski definition) is 3. The molecule has 4 nitrogen and oxygen atoms in total. The van der Waals surface area contributed by atoms with E-state index in [2.05, 4.69) is 17.0 Å². The van der Waals surface area contributed by atoms with E-state index in [0.29, 0.717) is 6.54 Å². The number of benzene rings is 1. The molecule has 2 N–H and O–H groups in total. The van der Waals surface area contributed by atoms with Gasteiger partial charge in [0.2, 0.25) is 5.91 Å². The Bertz CT molecular complexity index is 494. The van der Waals surface area contributed by atoms with Crippen molar-refractivity contribution in [3.8, 4) is 0 Å². The second-order valence-electron chi connectivity index (χ2n) is 6.42. The van der Waals surface area contributed by atoms with Crippen molar-refractivity contribution >= 4 is 5.91 Å². The Hall–Kier alpha value is -1.39. The van der Waals surface area contributed by atoms with Crippen molar-refractivity contribution in [2.75, 3.05) is 33.2 Å². The zero-order valence-electron chi connectivity index (χ0n) is 12.8. The third kappa shape index (κ3) is 2.58.